The van der Waals surface area contributed by atoms with E-state index in [-0.39, 0.29) is 11.5 Å². The summed E-state index contributed by atoms with van der Waals surface area (Å²) in [5, 5.41) is 24.2. The van der Waals surface area contributed by atoms with E-state index in [1.54, 1.807) is 12.2 Å². The predicted molar refractivity (Wildman–Crippen MR) is 52.7 cm³/mol. The average Bonchev–Trinajstić information content (AvgIpc) is 2.16. The molecule has 0 fully saturated rings. The highest BCUT2D eigenvalue weighted by molar-refractivity contribution is 5.72. The summed E-state index contributed by atoms with van der Waals surface area (Å²) < 4.78 is 0. The molecule has 0 aliphatic heterocycles. The lowest BCUT2D eigenvalue weighted by atomic mass is 10.3. The van der Waals surface area contributed by atoms with Crippen molar-refractivity contribution in [3.8, 4) is 0 Å². The number of hydrogen-bond acceptors (Lipinski definition) is 4. The minimum atomic E-state index is -0.136. The van der Waals surface area contributed by atoms with Crippen LogP contribution >= 0.6 is 0 Å². The lowest BCUT2D eigenvalue weighted by molar-refractivity contribution is 0.431. The largest absolute Gasteiger partial charge is 0.506 e. The van der Waals surface area contributed by atoms with Crippen molar-refractivity contribution in [1.82, 2.24) is 0 Å². The number of nitrogens with one attached hydrogen (secondary N) is 1. The normalized spacial score (nSPS) is 14.2. The third kappa shape index (κ3) is 6.43. The quantitative estimate of drug-likeness (QED) is 0.300. The van der Waals surface area contributed by atoms with E-state index in [2.05, 4.69) is 0 Å². The van der Waals surface area contributed by atoms with Crippen molar-refractivity contribution in [2.24, 2.45) is 5.73 Å². The summed E-state index contributed by atoms with van der Waals surface area (Å²) >= 11 is 0. The highest BCUT2D eigenvalue weighted by Gasteiger charge is 1.78. The smallest absolute Gasteiger partial charge is 0.133 e. The molecule has 0 unspecified atom stereocenters. The van der Waals surface area contributed by atoms with Gasteiger partial charge in [0.1, 0.15) is 11.5 Å². The predicted octanol–water partition coefficient (Wildman–Crippen LogP) is 1.55. The molecule has 0 saturated heterocycles. The second-order valence-electron chi connectivity index (χ2n) is 2.07. The average molecular weight is 180 g/mol. The Morgan fingerprint density at radius 2 is 1.77 bits per heavy atom. The van der Waals surface area contributed by atoms with Crippen LogP contribution in [0.3, 0.4) is 0 Å². The van der Waals surface area contributed by atoms with E-state index in [0.29, 0.717) is 0 Å². The molecule has 4 nitrogen and oxygen atoms in total. The number of aliphatic hydroxyl groups is 2. The molecule has 0 rings (SSSR count). The topological polar surface area (TPSA) is 90.3 Å². The Hall–Kier alpha value is -1.97. The molecule has 0 aromatic carbocycles. The third-order valence-electron chi connectivity index (χ3n) is 1.07. The molecule has 4 heteroatoms. The molecule has 0 radical (unpaired) electrons. The summed E-state index contributed by atoms with van der Waals surface area (Å²) in [7, 11) is 0. The van der Waals surface area contributed by atoms with Crippen LogP contribution in [0.5, 0.6) is 0 Å². The fourth-order valence-electron chi connectivity index (χ4n) is 0.476. The standard InChI is InChI=1S/C9H12N2O2/c10-6-8(12)4-2-1-3-5-9(13)7-11/h1-7,10,12-13H,11H2/b2-1+,5-3+,8-4-,9-7-,10-6?. The fourth-order valence-corrected chi connectivity index (χ4v) is 0.476. The van der Waals surface area contributed by atoms with Crippen molar-refractivity contribution in [2.75, 3.05) is 0 Å². The molecule has 70 valence electrons. The van der Waals surface area contributed by atoms with Crippen LogP contribution in [0.15, 0.2) is 48.1 Å². The van der Waals surface area contributed by atoms with Gasteiger partial charge < -0.3 is 21.4 Å². The molecule has 0 saturated carbocycles. The van der Waals surface area contributed by atoms with E-state index < -0.39 is 0 Å². The zero-order chi connectivity index (χ0) is 10.1. The first-order valence-electron chi connectivity index (χ1n) is 3.56. The fraction of sp³-hybridized carbons (Fsp3) is 0. The zero-order valence-electron chi connectivity index (χ0n) is 7.01. The minimum absolute atomic E-state index is 0.0371. The molecule has 0 amide bonds. The Kier molecular flexibility index (Phi) is 5.70. The summed E-state index contributed by atoms with van der Waals surface area (Å²) in [5.74, 6) is -0.173. The number of aliphatic hydroxyl groups excluding tert-OH is 2. The first-order valence-corrected chi connectivity index (χ1v) is 3.56. The van der Waals surface area contributed by atoms with Gasteiger partial charge in [-0.15, -0.1) is 0 Å². The van der Waals surface area contributed by atoms with Crippen LogP contribution in [-0.4, -0.2) is 16.4 Å². The van der Waals surface area contributed by atoms with Crippen LogP contribution < -0.4 is 5.73 Å². The Morgan fingerprint density at radius 3 is 2.31 bits per heavy atom. The SMILES string of the molecule is N=C/C(O)=C/C=C/C=C/C(O)=C/N. The van der Waals surface area contributed by atoms with Crippen molar-refractivity contribution in [1.29, 1.82) is 5.41 Å². The van der Waals surface area contributed by atoms with E-state index in [0.717, 1.165) is 12.4 Å². The summed E-state index contributed by atoms with van der Waals surface area (Å²) in [6, 6.07) is 0. The van der Waals surface area contributed by atoms with Crippen molar-refractivity contribution in [2.45, 2.75) is 0 Å². The maximum absolute atomic E-state index is 8.83. The van der Waals surface area contributed by atoms with Gasteiger partial charge in [0, 0.05) is 6.20 Å². The van der Waals surface area contributed by atoms with E-state index >= 15 is 0 Å². The highest BCUT2D eigenvalue weighted by atomic mass is 16.3. The minimum Gasteiger partial charge on any atom is -0.506 e. The molecular weight excluding hydrogens is 168 g/mol. The molecule has 0 aliphatic rings. The molecule has 0 atom stereocenters. The molecule has 0 aromatic rings. The third-order valence-corrected chi connectivity index (χ3v) is 1.07. The van der Waals surface area contributed by atoms with E-state index in [9.17, 15) is 0 Å². The van der Waals surface area contributed by atoms with Crippen LogP contribution in [0, 0.1) is 5.41 Å². The van der Waals surface area contributed by atoms with Crippen molar-refractivity contribution in [3.05, 3.63) is 48.1 Å². The Balaban J connectivity index is 4.02. The zero-order valence-corrected chi connectivity index (χ0v) is 7.01. The Bertz CT molecular complexity index is 275. The molecule has 5 N–H and O–H groups in total. The van der Waals surface area contributed by atoms with Gasteiger partial charge in [0.05, 0.1) is 6.21 Å². The molecule has 0 bridgehead atoms. The van der Waals surface area contributed by atoms with E-state index in [4.69, 9.17) is 21.4 Å². The van der Waals surface area contributed by atoms with E-state index in [1.807, 2.05) is 0 Å². The number of allylic oxidation sites excluding steroid dienone is 6. The van der Waals surface area contributed by atoms with Crippen molar-refractivity contribution in [3.63, 3.8) is 0 Å². The molecule has 0 aliphatic carbocycles. The lowest BCUT2D eigenvalue weighted by Gasteiger charge is -1.84. The second-order valence-corrected chi connectivity index (χ2v) is 2.07. The highest BCUT2D eigenvalue weighted by Crippen LogP contribution is 1.89. The van der Waals surface area contributed by atoms with Crippen molar-refractivity contribution < 1.29 is 10.2 Å². The van der Waals surface area contributed by atoms with E-state index in [1.165, 1.54) is 18.2 Å². The summed E-state index contributed by atoms with van der Waals surface area (Å²) in [6.07, 6.45) is 9.29. The van der Waals surface area contributed by atoms with Gasteiger partial charge >= 0.3 is 0 Å². The van der Waals surface area contributed by atoms with Gasteiger partial charge in [0.25, 0.3) is 0 Å². The first kappa shape index (κ1) is 11.0. The Morgan fingerprint density at radius 1 is 1.08 bits per heavy atom. The summed E-state index contributed by atoms with van der Waals surface area (Å²) in [4.78, 5) is 0. The molecular formula is C9H12N2O2. The van der Waals surface area contributed by atoms with Crippen LogP contribution in [-0.2, 0) is 0 Å². The van der Waals surface area contributed by atoms with Gasteiger partial charge in [-0.2, -0.15) is 0 Å². The van der Waals surface area contributed by atoms with Gasteiger partial charge in [0.2, 0.25) is 0 Å². The number of rotatable bonds is 4. The van der Waals surface area contributed by atoms with Gasteiger partial charge in [-0.25, -0.2) is 0 Å². The van der Waals surface area contributed by atoms with Crippen LogP contribution in [0.1, 0.15) is 0 Å². The van der Waals surface area contributed by atoms with Crippen LogP contribution in [0.2, 0.25) is 0 Å². The van der Waals surface area contributed by atoms with Crippen LogP contribution in [0.25, 0.3) is 0 Å². The first-order chi connectivity index (χ1) is 6.20. The van der Waals surface area contributed by atoms with Gasteiger partial charge in [-0.1, -0.05) is 18.2 Å². The van der Waals surface area contributed by atoms with Crippen molar-refractivity contribution >= 4 is 6.21 Å². The Labute approximate surface area is 76.5 Å². The van der Waals surface area contributed by atoms with Gasteiger partial charge in [-0.3, -0.25) is 0 Å². The van der Waals surface area contributed by atoms with Gasteiger partial charge in [0.15, 0.2) is 0 Å². The van der Waals surface area contributed by atoms with Crippen LogP contribution in [0.4, 0.5) is 0 Å². The molecule has 0 heterocycles. The number of nitrogens with two attached hydrogens (primary N) is 1. The second kappa shape index (κ2) is 6.72. The summed E-state index contributed by atoms with van der Waals surface area (Å²) in [6.45, 7) is 0. The molecule has 13 heavy (non-hydrogen) atoms. The monoisotopic (exact) mass is 180 g/mol. The maximum atomic E-state index is 8.83. The maximum Gasteiger partial charge on any atom is 0.133 e. The summed E-state index contributed by atoms with van der Waals surface area (Å²) in [5.41, 5.74) is 4.99. The lowest BCUT2D eigenvalue weighted by Crippen LogP contribution is -1.82. The number of hydrogen-bond donors (Lipinski definition) is 4. The molecule has 0 spiro atoms. The van der Waals surface area contributed by atoms with Gasteiger partial charge in [-0.05, 0) is 12.2 Å². The molecule has 0 aromatic heterocycles.